The number of benzene rings is 1. The molecule has 1 N–H and O–H groups in total. The van der Waals surface area contributed by atoms with E-state index in [1.165, 1.54) is 15.8 Å². The summed E-state index contributed by atoms with van der Waals surface area (Å²) in [5.41, 5.74) is 1.03. The first-order valence-corrected chi connectivity index (χ1v) is 12.2. The molecule has 0 radical (unpaired) electrons. The van der Waals surface area contributed by atoms with Crippen molar-refractivity contribution in [3.63, 3.8) is 0 Å². The average Bonchev–Trinajstić information content (AvgIpc) is 3.30. The first-order chi connectivity index (χ1) is 16.0. The second-order valence-electron chi connectivity index (χ2n) is 7.89. The number of nitrogens with zero attached hydrogens (tertiary/aromatic N) is 2. The summed E-state index contributed by atoms with van der Waals surface area (Å²) in [6.45, 7) is 4.09. The van der Waals surface area contributed by atoms with Gasteiger partial charge in [-0.25, -0.2) is 9.18 Å². The summed E-state index contributed by atoms with van der Waals surface area (Å²) >= 11 is 1.65. The van der Waals surface area contributed by atoms with Gasteiger partial charge in [0.1, 0.15) is 13.2 Å². The summed E-state index contributed by atoms with van der Waals surface area (Å²) in [6, 6.07) is 7.65. The Morgan fingerprint density at radius 1 is 1.30 bits per heavy atom. The molecule has 180 valence electrons. The van der Waals surface area contributed by atoms with Gasteiger partial charge in [0.2, 0.25) is 5.91 Å². The number of fused-ring (bicyclic) bond motifs is 1. The maximum absolute atomic E-state index is 14.1. The van der Waals surface area contributed by atoms with E-state index in [2.05, 4.69) is 5.32 Å². The van der Waals surface area contributed by atoms with Gasteiger partial charge in [0.05, 0.1) is 6.04 Å². The molecule has 1 unspecified atom stereocenters. The van der Waals surface area contributed by atoms with E-state index in [1.54, 1.807) is 41.5 Å². The zero-order valence-corrected chi connectivity index (χ0v) is 20.0. The standard InChI is InChI=1S/C24H32FN3O4S/c1-3-11-26-24(30)27(12-6-14-31-2)16-23(29)28-13-9-22-18(10-15-33-22)20(28)17-32-21-8-5-4-7-19(21)25/h4-5,7-8,10,15,20H,3,6,9,11-14,16-17H2,1-2H3,(H,26,30). The minimum absolute atomic E-state index is 0.0328. The van der Waals surface area contributed by atoms with Crippen LogP contribution < -0.4 is 10.1 Å². The van der Waals surface area contributed by atoms with Gasteiger partial charge in [0.15, 0.2) is 11.6 Å². The lowest BCUT2D eigenvalue weighted by Crippen LogP contribution is -2.50. The molecule has 0 bridgehead atoms. The van der Waals surface area contributed by atoms with Crippen molar-refractivity contribution in [2.75, 3.05) is 46.5 Å². The van der Waals surface area contributed by atoms with E-state index in [9.17, 15) is 14.0 Å². The van der Waals surface area contributed by atoms with Gasteiger partial charge in [0, 0.05) is 38.2 Å². The molecule has 0 spiro atoms. The molecule has 7 nitrogen and oxygen atoms in total. The zero-order chi connectivity index (χ0) is 23.6. The monoisotopic (exact) mass is 477 g/mol. The number of amides is 3. The molecule has 0 aliphatic carbocycles. The van der Waals surface area contributed by atoms with E-state index in [-0.39, 0.29) is 36.9 Å². The first-order valence-electron chi connectivity index (χ1n) is 11.3. The molecule has 1 aromatic heterocycles. The van der Waals surface area contributed by atoms with E-state index in [4.69, 9.17) is 9.47 Å². The van der Waals surface area contributed by atoms with Crippen LogP contribution in [-0.4, -0.2) is 68.2 Å². The molecule has 0 saturated carbocycles. The highest BCUT2D eigenvalue weighted by Gasteiger charge is 2.33. The van der Waals surface area contributed by atoms with Gasteiger partial charge in [-0.15, -0.1) is 11.3 Å². The number of carbonyl (C=O) groups is 2. The predicted octanol–water partition coefficient (Wildman–Crippen LogP) is 3.85. The fourth-order valence-electron chi connectivity index (χ4n) is 3.86. The molecule has 1 aliphatic heterocycles. The summed E-state index contributed by atoms with van der Waals surface area (Å²) in [4.78, 5) is 30.5. The molecule has 3 rings (SSSR count). The van der Waals surface area contributed by atoms with E-state index in [1.807, 2.05) is 18.4 Å². The fraction of sp³-hybridized carbons (Fsp3) is 0.500. The largest absolute Gasteiger partial charge is 0.488 e. The zero-order valence-electron chi connectivity index (χ0n) is 19.2. The van der Waals surface area contributed by atoms with Crippen LogP contribution in [0.1, 0.15) is 36.2 Å². The topological polar surface area (TPSA) is 71.1 Å². The number of methoxy groups -OCH3 is 1. The Labute approximate surface area is 198 Å². The van der Waals surface area contributed by atoms with Crippen LogP contribution in [-0.2, 0) is 16.0 Å². The quantitative estimate of drug-likeness (QED) is 0.499. The van der Waals surface area contributed by atoms with Crippen LogP contribution >= 0.6 is 11.3 Å². The number of hydrogen-bond acceptors (Lipinski definition) is 5. The fourth-order valence-corrected chi connectivity index (χ4v) is 4.78. The van der Waals surface area contributed by atoms with Crippen LogP contribution in [0.15, 0.2) is 35.7 Å². The van der Waals surface area contributed by atoms with Gasteiger partial charge in [-0.3, -0.25) is 4.79 Å². The van der Waals surface area contributed by atoms with Crippen LogP contribution in [0.25, 0.3) is 0 Å². The highest BCUT2D eigenvalue weighted by molar-refractivity contribution is 7.10. The maximum atomic E-state index is 14.1. The van der Waals surface area contributed by atoms with Crippen LogP contribution in [0.4, 0.5) is 9.18 Å². The molecule has 1 atom stereocenters. The first kappa shape index (κ1) is 25.0. The van der Waals surface area contributed by atoms with Crippen molar-refractivity contribution in [3.8, 4) is 5.75 Å². The Bertz CT molecular complexity index is 923. The number of thiophene rings is 1. The van der Waals surface area contributed by atoms with Crippen molar-refractivity contribution in [2.45, 2.75) is 32.2 Å². The average molecular weight is 478 g/mol. The van der Waals surface area contributed by atoms with Crippen molar-refractivity contribution >= 4 is 23.3 Å². The molecule has 9 heteroatoms. The highest BCUT2D eigenvalue weighted by Crippen LogP contribution is 2.34. The Balaban J connectivity index is 1.73. The van der Waals surface area contributed by atoms with E-state index in [0.29, 0.717) is 32.7 Å². The third-order valence-electron chi connectivity index (χ3n) is 5.56. The van der Waals surface area contributed by atoms with Crippen LogP contribution in [0.5, 0.6) is 5.75 Å². The molecular weight excluding hydrogens is 445 g/mol. The van der Waals surface area contributed by atoms with Crippen LogP contribution in [0.3, 0.4) is 0 Å². The molecule has 1 aromatic carbocycles. The number of nitrogens with one attached hydrogen (secondary N) is 1. The lowest BCUT2D eigenvalue weighted by Gasteiger charge is -2.37. The van der Waals surface area contributed by atoms with Crippen molar-refractivity contribution in [2.24, 2.45) is 0 Å². The molecule has 1 aliphatic rings. The van der Waals surface area contributed by atoms with Gasteiger partial charge >= 0.3 is 6.03 Å². The third kappa shape index (κ3) is 6.68. The SMILES string of the molecule is CCCNC(=O)N(CCCOC)CC(=O)N1CCc2sccc2C1COc1ccccc1F. The summed E-state index contributed by atoms with van der Waals surface area (Å²) in [5, 5.41) is 4.86. The van der Waals surface area contributed by atoms with Crippen molar-refractivity contribution in [1.29, 1.82) is 0 Å². The molecule has 2 aromatic rings. The second kappa shape index (κ2) is 12.6. The summed E-state index contributed by atoms with van der Waals surface area (Å²) < 4.78 is 25.0. The third-order valence-corrected chi connectivity index (χ3v) is 6.56. The molecular formula is C24H32FN3O4S. The number of hydrogen-bond donors (Lipinski definition) is 1. The van der Waals surface area contributed by atoms with Gasteiger partial charge in [0.25, 0.3) is 0 Å². The molecule has 3 amide bonds. The van der Waals surface area contributed by atoms with Crippen LogP contribution in [0, 0.1) is 5.82 Å². The number of carbonyl (C=O) groups excluding carboxylic acids is 2. The maximum Gasteiger partial charge on any atom is 0.317 e. The number of ether oxygens (including phenoxy) is 2. The van der Waals surface area contributed by atoms with Gasteiger partial charge in [-0.1, -0.05) is 19.1 Å². The van der Waals surface area contributed by atoms with E-state index < -0.39 is 5.82 Å². The van der Waals surface area contributed by atoms with Crippen molar-refractivity contribution < 1.29 is 23.5 Å². The molecule has 0 fully saturated rings. The number of halogens is 1. The summed E-state index contributed by atoms with van der Waals surface area (Å²) in [5.74, 6) is -0.431. The van der Waals surface area contributed by atoms with E-state index >= 15 is 0 Å². The van der Waals surface area contributed by atoms with Crippen LogP contribution in [0.2, 0.25) is 0 Å². The Hall–Kier alpha value is -2.65. The minimum Gasteiger partial charge on any atom is -0.488 e. The van der Waals surface area contributed by atoms with Gasteiger partial charge < -0.3 is 24.6 Å². The normalized spacial score (nSPS) is 15.1. The van der Waals surface area contributed by atoms with Gasteiger partial charge in [-0.05, 0) is 48.4 Å². The number of rotatable bonds is 11. The highest BCUT2D eigenvalue weighted by atomic mass is 32.1. The van der Waals surface area contributed by atoms with Crippen molar-refractivity contribution in [3.05, 3.63) is 52.0 Å². The molecule has 0 saturated heterocycles. The summed E-state index contributed by atoms with van der Waals surface area (Å²) in [6.07, 6.45) is 2.20. The number of para-hydroxylation sites is 1. The molecule has 33 heavy (non-hydrogen) atoms. The van der Waals surface area contributed by atoms with E-state index in [0.717, 1.165) is 18.4 Å². The second-order valence-corrected chi connectivity index (χ2v) is 8.89. The summed E-state index contributed by atoms with van der Waals surface area (Å²) in [7, 11) is 1.61. The predicted molar refractivity (Wildman–Crippen MR) is 126 cm³/mol. The Morgan fingerprint density at radius 3 is 2.88 bits per heavy atom. The Morgan fingerprint density at radius 2 is 2.12 bits per heavy atom. The van der Waals surface area contributed by atoms with Gasteiger partial charge in [-0.2, -0.15) is 0 Å². The Kier molecular flexibility index (Phi) is 9.50. The molecule has 2 heterocycles. The number of urea groups is 1. The lowest BCUT2D eigenvalue weighted by atomic mass is 10.0. The minimum atomic E-state index is -0.436. The smallest absolute Gasteiger partial charge is 0.317 e. The van der Waals surface area contributed by atoms with Crippen molar-refractivity contribution in [1.82, 2.24) is 15.1 Å². The lowest BCUT2D eigenvalue weighted by molar-refractivity contribution is -0.135.